The first-order valence-corrected chi connectivity index (χ1v) is 5.74. The summed E-state index contributed by atoms with van der Waals surface area (Å²) in [7, 11) is -2.40. The molecule has 2 aromatic rings. The van der Waals surface area contributed by atoms with Crippen LogP contribution in [0.2, 0.25) is 0 Å². The SMILES string of the molecule is CNS(=O)(=O)n1c(O)cc2ccccc21. The molecule has 1 heterocycles. The zero-order valence-corrected chi connectivity index (χ0v) is 8.82. The van der Waals surface area contributed by atoms with Crippen LogP contribution in [0.4, 0.5) is 0 Å². The Morgan fingerprint density at radius 2 is 2.00 bits per heavy atom. The van der Waals surface area contributed by atoms with E-state index >= 15 is 0 Å². The number of aromatic nitrogens is 1. The summed E-state index contributed by atoms with van der Waals surface area (Å²) < 4.78 is 26.2. The lowest BCUT2D eigenvalue weighted by atomic mass is 10.3. The lowest BCUT2D eigenvalue weighted by Crippen LogP contribution is -2.25. The van der Waals surface area contributed by atoms with Crippen LogP contribution in [-0.4, -0.2) is 24.5 Å². The van der Waals surface area contributed by atoms with Gasteiger partial charge in [-0.2, -0.15) is 12.4 Å². The number of nitrogens with one attached hydrogen (secondary N) is 1. The van der Waals surface area contributed by atoms with Crippen LogP contribution in [0.15, 0.2) is 30.3 Å². The van der Waals surface area contributed by atoms with Gasteiger partial charge in [0.2, 0.25) is 5.88 Å². The lowest BCUT2D eigenvalue weighted by molar-refractivity contribution is 0.446. The van der Waals surface area contributed by atoms with E-state index in [2.05, 4.69) is 4.72 Å². The average Bonchev–Trinajstić information content (AvgIpc) is 2.54. The molecular formula is C9H10N2O3S. The minimum Gasteiger partial charge on any atom is -0.494 e. The summed E-state index contributed by atoms with van der Waals surface area (Å²) in [4.78, 5) is 0. The fraction of sp³-hybridized carbons (Fsp3) is 0.111. The molecule has 0 radical (unpaired) electrons. The largest absolute Gasteiger partial charge is 0.494 e. The van der Waals surface area contributed by atoms with Gasteiger partial charge in [-0.05, 0) is 6.07 Å². The van der Waals surface area contributed by atoms with Gasteiger partial charge in [0.05, 0.1) is 5.52 Å². The normalized spacial score (nSPS) is 12.1. The van der Waals surface area contributed by atoms with Gasteiger partial charge in [-0.25, -0.2) is 4.72 Å². The van der Waals surface area contributed by atoms with E-state index in [0.29, 0.717) is 10.9 Å². The van der Waals surface area contributed by atoms with Gasteiger partial charge in [-0.1, -0.05) is 18.2 Å². The van der Waals surface area contributed by atoms with Gasteiger partial charge >= 0.3 is 10.2 Å². The molecular weight excluding hydrogens is 216 g/mol. The fourth-order valence-electron chi connectivity index (χ4n) is 1.46. The second-order valence-corrected chi connectivity index (χ2v) is 4.76. The van der Waals surface area contributed by atoms with Crippen molar-refractivity contribution in [1.82, 2.24) is 8.69 Å². The van der Waals surface area contributed by atoms with Gasteiger partial charge in [0.25, 0.3) is 0 Å². The second-order valence-electron chi connectivity index (χ2n) is 3.03. The van der Waals surface area contributed by atoms with E-state index in [1.54, 1.807) is 24.3 Å². The van der Waals surface area contributed by atoms with Gasteiger partial charge in [-0.15, -0.1) is 0 Å². The lowest BCUT2D eigenvalue weighted by Gasteiger charge is -2.06. The van der Waals surface area contributed by atoms with E-state index in [1.807, 2.05) is 0 Å². The van der Waals surface area contributed by atoms with Gasteiger partial charge in [0, 0.05) is 18.5 Å². The summed E-state index contributed by atoms with van der Waals surface area (Å²) in [5.41, 5.74) is 0.448. The fourth-order valence-corrected chi connectivity index (χ4v) is 2.37. The van der Waals surface area contributed by atoms with Crippen LogP contribution >= 0.6 is 0 Å². The predicted octanol–water partition coefficient (Wildman–Crippen LogP) is 0.659. The Kier molecular flexibility index (Phi) is 2.17. The highest BCUT2D eigenvalue weighted by Crippen LogP contribution is 2.25. The topological polar surface area (TPSA) is 71.3 Å². The van der Waals surface area contributed by atoms with Crippen molar-refractivity contribution in [3.05, 3.63) is 30.3 Å². The minimum atomic E-state index is -3.70. The third-order valence-corrected chi connectivity index (χ3v) is 3.53. The molecule has 6 heteroatoms. The molecule has 15 heavy (non-hydrogen) atoms. The monoisotopic (exact) mass is 226 g/mol. The number of hydrogen-bond donors (Lipinski definition) is 2. The standard InChI is InChI=1S/C9H10N2O3S/c1-10-15(13,14)11-8-5-3-2-4-7(8)6-9(11)12/h2-6,10,12H,1H3. The molecule has 0 aliphatic carbocycles. The highest BCUT2D eigenvalue weighted by atomic mass is 32.2. The maximum atomic E-state index is 11.6. The summed E-state index contributed by atoms with van der Waals surface area (Å²) >= 11 is 0. The van der Waals surface area contributed by atoms with Crippen LogP contribution < -0.4 is 4.72 Å². The number of rotatable bonds is 2. The van der Waals surface area contributed by atoms with Crippen molar-refractivity contribution >= 4 is 21.1 Å². The Bertz CT molecular complexity index is 601. The average molecular weight is 226 g/mol. The molecule has 0 saturated carbocycles. The van der Waals surface area contributed by atoms with Crippen LogP contribution in [0.1, 0.15) is 0 Å². The van der Waals surface area contributed by atoms with Crippen LogP contribution in [0.25, 0.3) is 10.9 Å². The van der Waals surface area contributed by atoms with Gasteiger partial charge < -0.3 is 5.11 Å². The number of fused-ring (bicyclic) bond motifs is 1. The third-order valence-electron chi connectivity index (χ3n) is 2.15. The third kappa shape index (κ3) is 1.47. The number of aromatic hydroxyl groups is 1. The molecule has 0 unspecified atom stereocenters. The first-order chi connectivity index (χ1) is 7.06. The second kappa shape index (κ2) is 3.25. The summed E-state index contributed by atoms with van der Waals surface area (Å²) in [5, 5.41) is 10.2. The molecule has 0 fully saturated rings. The van der Waals surface area contributed by atoms with Gasteiger partial charge in [-0.3, -0.25) is 0 Å². The van der Waals surface area contributed by atoms with Crippen molar-refractivity contribution in [3.8, 4) is 5.88 Å². The predicted molar refractivity (Wildman–Crippen MR) is 57.0 cm³/mol. The molecule has 0 spiro atoms. The van der Waals surface area contributed by atoms with Crippen LogP contribution in [0.3, 0.4) is 0 Å². The van der Waals surface area contributed by atoms with E-state index in [4.69, 9.17) is 0 Å². The Hall–Kier alpha value is -1.53. The quantitative estimate of drug-likeness (QED) is 0.790. The maximum Gasteiger partial charge on any atom is 0.308 e. The molecule has 1 aromatic carbocycles. The Morgan fingerprint density at radius 1 is 1.33 bits per heavy atom. The Morgan fingerprint density at radius 3 is 2.67 bits per heavy atom. The first-order valence-electron chi connectivity index (χ1n) is 4.30. The van der Waals surface area contributed by atoms with E-state index in [-0.39, 0.29) is 5.88 Å². The van der Waals surface area contributed by atoms with E-state index < -0.39 is 10.2 Å². The molecule has 2 N–H and O–H groups in total. The van der Waals surface area contributed by atoms with Crippen LogP contribution in [0.5, 0.6) is 5.88 Å². The van der Waals surface area contributed by atoms with E-state index in [9.17, 15) is 13.5 Å². The molecule has 0 saturated heterocycles. The number of hydrogen-bond acceptors (Lipinski definition) is 3. The van der Waals surface area contributed by atoms with Crippen molar-refractivity contribution in [1.29, 1.82) is 0 Å². The number of para-hydroxylation sites is 1. The van der Waals surface area contributed by atoms with E-state index in [0.717, 1.165) is 3.97 Å². The summed E-state index contributed by atoms with van der Waals surface area (Å²) in [6.45, 7) is 0. The molecule has 5 nitrogen and oxygen atoms in total. The summed E-state index contributed by atoms with van der Waals surface area (Å²) in [6.07, 6.45) is 0. The smallest absolute Gasteiger partial charge is 0.308 e. The zero-order valence-electron chi connectivity index (χ0n) is 8.01. The molecule has 2 rings (SSSR count). The number of nitrogens with zero attached hydrogens (tertiary/aromatic N) is 1. The zero-order chi connectivity index (χ0) is 11.1. The number of benzene rings is 1. The molecule has 0 atom stereocenters. The van der Waals surface area contributed by atoms with Gasteiger partial charge in [0.15, 0.2) is 0 Å². The first kappa shape index (κ1) is 10.0. The molecule has 1 aromatic heterocycles. The van der Waals surface area contributed by atoms with Crippen LogP contribution in [-0.2, 0) is 10.2 Å². The highest BCUT2D eigenvalue weighted by molar-refractivity contribution is 7.88. The van der Waals surface area contributed by atoms with Gasteiger partial charge in [0.1, 0.15) is 0 Å². The van der Waals surface area contributed by atoms with Crippen molar-refractivity contribution in [3.63, 3.8) is 0 Å². The Balaban J connectivity index is 2.87. The molecule has 0 amide bonds. The molecule has 0 aliphatic rings. The molecule has 80 valence electrons. The van der Waals surface area contributed by atoms with E-state index in [1.165, 1.54) is 13.1 Å². The summed E-state index contributed by atoms with van der Waals surface area (Å²) in [5.74, 6) is -0.300. The van der Waals surface area contributed by atoms with Crippen LogP contribution in [0, 0.1) is 0 Å². The van der Waals surface area contributed by atoms with Crippen molar-refractivity contribution in [2.24, 2.45) is 0 Å². The summed E-state index contributed by atoms with van der Waals surface area (Å²) in [6, 6.07) is 8.26. The van der Waals surface area contributed by atoms with Crippen molar-refractivity contribution in [2.45, 2.75) is 0 Å². The molecule has 0 aliphatic heterocycles. The highest BCUT2D eigenvalue weighted by Gasteiger charge is 2.17. The maximum absolute atomic E-state index is 11.6. The Labute approximate surface area is 87.1 Å². The van der Waals surface area contributed by atoms with Crippen molar-refractivity contribution in [2.75, 3.05) is 7.05 Å². The minimum absolute atomic E-state index is 0.300. The van der Waals surface area contributed by atoms with Crippen molar-refractivity contribution < 1.29 is 13.5 Å². The molecule has 0 bridgehead atoms.